The third-order valence-corrected chi connectivity index (χ3v) is 2.97. The van der Waals surface area contributed by atoms with E-state index < -0.39 is 0 Å². The SMILES string of the molecule is Cc1ccc(C#N)cc1Oc1ccc(C=O)c(Cl)c1. The second-order valence-corrected chi connectivity index (χ2v) is 4.40. The van der Waals surface area contributed by atoms with E-state index in [-0.39, 0.29) is 0 Å². The van der Waals surface area contributed by atoms with Crippen LogP contribution in [0.3, 0.4) is 0 Å². The molecule has 0 fully saturated rings. The van der Waals surface area contributed by atoms with Crippen LogP contribution in [-0.4, -0.2) is 6.29 Å². The number of rotatable bonds is 3. The molecule has 0 heterocycles. The average Bonchev–Trinajstić information content (AvgIpc) is 2.41. The normalized spacial score (nSPS) is 9.74. The maximum Gasteiger partial charge on any atom is 0.151 e. The van der Waals surface area contributed by atoms with Crippen LogP contribution in [0.15, 0.2) is 36.4 Å². The smallest absolute Gasteiger partial charge is 0.151 e. The lowest BCUT2D eigenvalue weighted by atomic mass is 10.1. The van der Waals surface area contributed by atoms with E-state index in [1.807, 2.05) is 13.0 Å². The van der Waals surface area contributed by atoms with Gasteiger partial charge in [-0.15, -0.1) is 0 Å². The maximum absolute atomic E-state index is 10.7. The minimum atomic E-state index is 0.335. The summed E-state index contributed by atoms with van der Waals surface area (Å²) in [5.74, 6) is 1.11. The molecule has 0 unspecified atom stereocenters. The van der Waals surface area contributed by atoms with Crippen molar-refractivity contribution < 1.29 is 9.53 Å². The Balaban J connectivity index is 2.33. The van der Waals surface area contributed by atoms with E-state index in [4.69, 9.17) is 21.6 Å². The minimum Gasteiger partial charge on any atom is -0.457 e. The van der Waals surface area contributed by atoms with E-state index in [2.05, 4.69) is 6.07 Å². The molecule has 0 aromatic heterocycles. The summed E-state index contributed by atoms with van der Waals surface area (Å²) in [5.41, 5.74) is 1.85. The summed E-state index contributed by atoms with van der Waals surface area (Å²) < 4.78 is 5.68. The number of nitriles is 1. The van der Waals surface area contributed by atoms with E-state index >= 15 is 0 Å². The molecule has 0 spiro atoms. The predicted molar refractivity (Wildman–Crippen MR) is 72.8 cm³/mol. The minimum absolute atomic E-state index is 0.335. The number of ether oxygens (including phenoxy) is 1. The van der Waals surface area contributed by atoms with Crippen molar-refractivity contribution in [2.24, 2.45) is 0 Å². The predicted octanol–water partition coefficient (Wildman–Crippen LogP) is 4.12. The lowest BCUT2D eigenvalue weighted by Crippen LogP contribution is -1.90. The fourth-order valence-electron chi connectivity index (χ4n) is 1.57. The van der Waals surface area contributed by atoms with E-state index in [1.165, 1.54) is 0 Å². The summed E-state index contributed by atoms with van der Waals surface area (Å²) in [4.78, 5) is 10.7. The number of hydrogen-bond acceptors (Lipinski definition) is 3. The van der Waals surface area contributed by atoms with Crippen LogP contribution in [0, 0.1) is 18.3 Å². The topological polar surface area (TPSA) is 50.1 Å². The second kappa shape index (κ2) is 5.55. The first-order chi connectivity index (χ1) is 9.13. The summed E-state index contributed by atoms with van der Waals surface area (Å²) in [5, 5.41) is 9.20. The third kappa shape index (κ3) is 2.93. The average molecular weight is 272 g/mol. The van der Waals surface area contributed by atoms with Crippen LogP contribution < -0.4 is 4.74 Å². The molecule has 0 N–H and O–H groups in total. The van der Waals surface area contributed by atoms with Crippen molar-refractivity contribution in [1.29, 1.82) is 5.26 Å². The van der Waals surface area contributed by atoms with Crippen molar-refractivity contribution in [2.45, 2.75) is 6.92 Å². The molecule has 94 valence electrons. The number of aldehydes is 1. The molecule has 19 heavy (non-hydrogen) atoms. The van der Waals surface area contributed by atoms with Crippen molar-refractivity contribution in [2.75, 3.05) is 0 Å². The standard InChI is InChI=1S/C15H10ClNO2/c1-10-2-3-11(8-17)6-15(10)19-13-5-4-12(9-18)14(16)7-13/h2-7,9H,1H3. The Morgan fingerprint density at radius 3 is 2.68 bits per heavy atom. The molecule has 0 amide bonds. The van der Waals surface area contributed by atoms with E-state index in [0.29, 0.717) is 33.9 Å². The van der Waals surface area contributed by atoms with Gasteiger partial charge in [-0.1, -0.05) is 17.7 Å². The van der Waals surface area contributed by atoms with Crippen LogP contribution in [0.1, 0.15) is 21.5 Å². The molecule has 0 saturated carbocycles. The molecular formula is C15H10ClNO2. The van der Waals surface area contributed by atoms with Crippen molar-refractivity contribution in [3.63, 3.8) is 0 Å². The highest BCUT2D eigenvalue weighted by atomic mass is 35.5. The van der Waals surface area contributed by atoms with E-state index in [9.17, 15) is 4.79 Å². The molecule has 0 saturated heterocycles. The van der Waals surface area contributed by atoms with Crippen molar-refractivity contribution in [3.8, 4) is 17.6 Å². The number of carbonyl (C=O) groups is 1. The molecule has 2 aromatic rings. The number of halogens is 1. The number of nitrogens with zero attached hydrogens (tertiary/aromatic N) is 1. The summed E-state index contributed by atoms with van der Waals surface area (Å²) in [7, 11) is 0. The molecule has 2 aromatic carbocycles. The van der Waals surface area contributed by atoms with Crippen LogP contribution in [0.5, 0.6) is 11.5 Å². The summed E-state index contributed by atoms with van der Waals surface area (Å²) in [6.07, 6.45) is 0.688. The van der Waals surface area contributed by atoms with Crippen molar-refractivity contribution in [3.05, 3.63) is 58.1 Å². The van der Waals surface area contributed by atoms with Crippen LogP contribution in [0.25, 0.3) is 0 Å². The van der Waals surface area contributed by atoms with Crippen molar-refractivity contribution in [1.82, 2.24) is 0 Å². The highest BCUT2D eigenvalue weighted by molar-refractivity contribution is 6.33. The fraction of sp³-hybridized carbons (Fsp3) is 0.0667. The van der Waals surface area contributed by atoms with E-state index in [1.54, 1.807) is 30.3 Å². The van der Waals surface area contributed by atoms with Gasteiger partial charge in [0.2, 0.25) is 0 Å². The van der Waals surface area contributed by atoms with Crippen LogP contribution in [-0.2, 0) is 0 Å². The molecular weight excluding hydrogens is 262 g/mol. The fourth-order valence-corrected chi connectivity index (χ4v) is 1.79. The molecule has 0 aliphatic rings. The molecule has 2 rings (SSSR count). The zero-order chi connectivity index (χ0) is 13.8. The highest BCUT2D eigenvalue weighted by Gasteiger charge is 2.06. The number of aryl methyl sites for hydroxylation is 1. The number of carbonyl (C=O) groups excluding carboxylic acids is 1. The Morgan fingerprint density at radius 2 is 2.05 bits per heavy atom. The third-order valence-electron chi connectivity index (χ3n) is 2.64. The van der Waals surface area contributed by atoms with Gasteiger partial charge >= 0.3 is 0 Å². The quantitative estimate of drug-likeness (QED) is 0.789. The van der Waals surface area contributed by atoms with Gasteiger partial charge in [0, 0.05) is 11.6 Å². The van der Waals surface area contributed by atoms with Gasteiger partial charge in [-0.25, -0.2) is 0 Å². The molecule has 3 nitrogen and oxygen atoms in total. The Hall–Kier alpha value is -2.31. The first-order valence-corrected chi connectivity index (χ1v) is 5.95. The maximum atomic E-state index is 10.7. The van der Waals surface area contributed by atoms with Gasteiger partial charge in [0.05, 0.1) is 16.7 Å². The zero-order valence-corrected chi connectivity index (χ0v) is 10.9. The first-order valence-electron chi connectivity index (χ1n) is 5.57. The Bertz CT molecular complexity index is 674. The van der Waals surface area contributed by atoms with Gasteiger partial charge in [-0.2, -0.15) is 5.26 Å². The monoisotopic (exact) mass is 271 g/mol. The van der Waals surface area contributed by atoms with E-state index in [0.717, 1.165) is 5.56 Å². The molecule has 0 aliphatic heterocycles. The molecule has 4 heteroatoms. The van der Waals surface area contributed by atoms with Crippen LogP contribution in [0.2, 0.25) is 5.02 Å². The van der Waals surface area contributed by atoms with Gasteiger partial charge in [-0.05, 0) is 36.8 Å². The van der Waals surface area contributed by atoms with Crippen LogP contribution in [0.4, 0.5) is 0 Å². The van der Waals surface area contributed by atoms with Crippen molar-refractivity contribution >= 4 is 17.9 Å². The Morgan fingerprint density at radius 1 is 1.26 bits per heavy atom. The van der Waals surface area contributed by atoms with Gasteiger partial charge in [-0.3, -0.25) is 4.79 Å². The number of benzene rings is 2. The molecule has 0 aliphatic carbocycles. The highest BCUT2D eigenvalue weighted by Crippen LogP contribution is 2.28. The van der Waals surface area contributed by atoms with Gasteiger partial charge in [0.1, 0.15) is 11.5 Å². The lowest BCUT2D eigenvalue weighted by molar-refractivity contribution is 0.112. The largest absolute Gasteiger partial charge is 0.457 e. The Kier molecular flexibility index (Phi) is 3.84. The molecule has 0 bridgehead atoms. The number of hydrogen-bond donors (Lipinski definition) is 0. The summed E-state index contributed by atoms with van der Waals surface area (Å²) in [6.45, 7) is 1.89. The summed E-state index contributed by atoms with van der Waals surface area (Å²) >= 11 is 5.93. The zero-order valence-electron chi connectivity index (χ0n) is 10.2. The van der Waals surface area contributed by atoms with Crippen LogP contribution >= 0.6 is 11.6 Å². The van der Waals surface area contributed by atoms with Gasteiger partial charge < -0.3 is 4.74 Å². The molecule has 0 atom stereocenters. The van der Waals surface area contributed by atoms with Gasteiger partial charge in [0.25, 0.3) is 0 Å². The second-order valence-electron chi connectivity index (χ2n) is 4.00. The molecule has 0 radical (unpaired) electrons. The first kappa shape index (κ1) is 13.1. The summed E-state index contributed by atoms with van der Waals surface area (Å²) in [6, 6.07) is 12.1. The Labute approximate surface area is 116 Å². The van der Waals surface area contributed by atoms with Gasteiger partial charge in [0.15, 0.2) is 6.29 Å². The lowest BCUT2D eigenvalue weighted by Gasteiger charge is -2.09.